The number of hydrogen-bond donors (Lipinski definition) is 2. The van der Waals surface area contributed by atoms with E-state index in [9.17, 15) is 50.5 Å². The highest BCUT2D eigenvalue weighted by molar-refractivity contribution is 7.90. The molecule has 0 saturated heterocycles. The molecule has 83 heavy (non-hydrogen) atoms. The maximum atomic E-state index is 14.3. The minimum atomic E-state index is -4.24. The van der Waals surface area contributed by atoms with Crippen molar-refractivity contribution in [3.63, 3.8) is 0 Å². The molecule has 0 bridgehead atoms. The Labute approximate surface area is 494 Å². The van der Waals surface area contributed by atoms with Crippen molar-refractivity contribution in [2.45, 2.75) is 116 Å². The van der Waals surface area contributed by atoms with Gasteiger partial charge in [-0.1, -0.05) is 138 Å². The van der Waals surface area contributed by atoms with Gasteiger partial charge in [-0.3, -0.25) is 0 Å². The number of sulfonamides is 6. The summed E-state index contributed by atoms with van der Waals surface area (Å²) < 4.78 is 177. The molecule has 18 nitrogen and oxygen atoms in total. The van der Waals surface area contributed by atoms with E-state index in [1.165, 1.54) is 81.4 Å². The Morgan fingerprint density at radius 1 is 0.241 bits per heavy atom. The third-order valence-electron chi connectivity index (χ3n) is 14.1. The van der Waals surface area contributed by atoms with E-state index in [-0.39, 0.29) is 94.8 Å². The van der Waals surface area contributed by atoms with E-state index in [1.54, 1.807) is 72.8 Å². The fraction of sp³-hybridized carbons (Fsp3) is 0.390. The van der Waals surface area contributed by atoms with Gasteiger partial charge < -0.3 is 0 Å². The molecule has 0 atom stereocenters. The van der Waals surface area contributed by atoms with Crippen molar-refractivity contribution in [1.82, 2.24) is 26.7 Å². The van der Waals surface area contributed by atoms with Crippen LogP contribution in [0.15, 0.2) is 175 Å². The molecule has 0 unspecified atom stereocenters. The topological polar surface area (TPSA) is 242 Å². The molecule has 0 amide bonds. The van der Waals surface area contributed by atoms with Crippen LogP contribution in [-0.4, -0.2) is 133 Å². The van der Waals surface area contributed by atoms with Crippen LogP contribution >= 0.6 is 0 Å². The lowest BCUT2D eigenvalue weighted by Gasteiger charge is -2.27. The zero-order valence-electron chi connectivity index (χ0n) is 48.0. The van der Waals surface area contributed by atoms with Gasteiger partial charge in [-0.15, -0.1) is 0 Å². The number of rotatable bonds is 34. The van der Waals surface area contributed by atoms with Gasteiger partial charge in [-0.05, 0) is 127 Å². The molecular weight excluding hydrogens is 1180 g/mol. The van der Waals surface area contributed by atoms with Gasteiger partial charge in [0, 0.05) is 65.4 Å². The Morgan fingerprint density at radius 2 is 0.422 bits per heavy atom. The van der Waals surface area contributed by atoms with Crippen LogP contribution in [0, 0.1) is 41.5 Å². The number of hydrogen-bond acceptors (Lipinski definition) is 12. The number of nitrogens with zero attached hydrogens (tertiary/aromatic N) is 4. The standard InChI is InChI=1S/C59H78N6O12S6/c1-48-14-26-54(27-15-48)78(66,67)60-38-42-64(82(74,75)58-34-22-52(5)23-35-58)46-44-62(80(70,71)56-30-18-50(3)19-31-56)40-12-10-8-7-9-11-13-41-63(81(72,73)57-32-20-51(4)21-33-57)45-47-65(83(76,77)59-36-24-53(6)25-37-59)43-39-61-79(68,69)55-28-16-49(2)17-29-55/h14-37,60-61H,7-13,38-47H2,1-6H3. The summed E-state index contributed by atoms with van der Waals surface area (Å²) in [6.45, 7) is 8.94. The molecule has 2 N–H and O–H groups in total. The van der Waals surface area contributed by atoms with Crippen LogP contribution in [-0.2, 0) is 60.1 Å². The Hall–Kier alpha value is -5.22. The maximum absolute atomic E-state index is 14.3. The van der Waals surface area contributed by atoms with E-state index >= 15 is 0 Å². The predicted molar refractivity (Wildman–Crippen MR) is 325 cm³/mol. The molecule has 0 spiro atoms. The molecule has 452 valence electrons. The third kappa shape index (κ3) is 18.9. The number of nitrogens with one attached hydrogen (secondary N) is 2. The Morgan fingerprint density at radius 3 is 0.639 bits per heavy atom. The van der Waals surface area contributed by atoms with Gasteiger partial charge in [0.2, 0.25) is 60.1 Å². The molecule has 0 aromatic heterocycles. The second kappa shape index (κ2) is 29.7. The second-order valence-corrected chi connectivity index (χ2v) is 32.1. The van der Waals surface area contributed by atoms with Gasteiger partial charge in [-0.25, -0.2) is 60.0 Å². The smallest absolute Gasteiger partial charge is 0.210 e. The quantitative estimate of drug-likeness (QED) is 0.0363. The summed E-state index contributed by atoms with van der Waals surface area (Å²) in [5.41, 5.74) is 5.09. The van der Waals surface area contributed by atoms with Crippen molar-refractivity contribution < 1.29 is 50.5 Å². The summed E-state index contributed by atoms with van der Waals surface area (Å²) in [7, 11) is -24.7. The molecule has 6 aromatic carbocycles. The van der Waals surface area contributed by atoms with E-state index in [4.69, 9.17) is 0 Å². The van der Waals surface area contributed by atoms with Gasteiger partial charge in [0.15, 0.2) is 0 Å². The number of aryl methyl sites for hydroxylation is 6. The average molecular weight is 1260 g/mol. The van der Waals surface area contributed by atoms with Crippen LogP contribution < -0.4 is 9.44 Å². The van der Waals surface area contributed by atoms with Gasteiger partial charge >= 0.3 is 0 Å². The van der Waals surface area contributed by atoms with Crippen LogP contribution in [0.2, 0.25) is 0 Å². The molecular formula is C59H78N6O12S6. The van der Waals surface area contributed by atoms with E-state index in [2.05, 4.69) is 9.44 Å². The van der Waals surface area contributed by atoms with Crippen molar-refractivity contribution in [3.05, 3.63) is 179 Å². The van der Waals surface area contributed by atoms with Gasteiger partial charge in [-0.2, -0.15) is 17.2 Å². The normalized spacial score (nSPS) is 12.9. The first kappa shape index (κ1) is 66.9. The molecule has 0 radical (unpaired) electrons. The monoisotopic (exact) mass is 1250 g/mol. The van der Waals surface area contributed by atoms with Crippen molar-refractivity contribution in [2.24, 2.45) is 0 Å². The molecule has 24 heteroatoms. The molecule has 6 aromatic rings. The fourth-order valence-corrected chi connectivity index (χ4v) is 16.8. The second-order valence-electron chi connectivity index (χ2n) is 20.8. The van der Waals surface area contributed by atoms with Gasteiger partial charge in [0.25, 0.3) is 0 Å². The fourth-order valence-electron chi connectivity index (χ4n) is 8.96. The molecule has 0 aliphatic heterocycles. The summed E-state index contributed by atoms with van der Waals surface area (Å²) in [5.74, 6) is 0. The zero-order chi connectivity index (χ0) is 60.6. The molecule has 0 aliphatic carbocycles. The number of benzene rings is 6. The van der Waals surface area contributed by atoms with Gasteiger partial charge in [0.1, 0.15) is 0 Å². The van der Waals surface area contributed by atoms with Gasteiger partial charge in [0.05, 0.1) is 29.4 Å². The molecule has 0 saturated carbocycles. The van der Waals surface area contributed by atoms with Crippen LogP contribution in [0.3, 0.4) is 0 Å². The third-order valence-corrected chi connectivity index (χ3v) is 24.7. The van der Waals surface area contributed by atoms with Crippen LogP contribution in [0.1, 0.15) is 78.3 Å². The highest BCUT2D eigenvalue weighted by atomic mass is 32.2. The summed E-state index contributed by atoms with van der Waals surface area (Å²) >= 11 is 0. The minimum Gasteiger partial charge on any atom is -0.210 e. The van der Waals surface area contributed by atoms with E-state index in [1.807, 2.05) is 41.5 Å². The van der Waals surface area contributed by atoms with Crippen molar-refractivity contribution in [1.29, 1.82) is 0 Å². The lowest BCUT2D eigenvalue weighted by atomic mass is 10.1. The molecule has 0 fully saturated rings. The zero-order valence-corrected chi connectivity index (χ0v) is 52.9. The minimum absolute atomic E-state index is 0.0191. The van der Waals surface area contributed by atoms with E-state index in [0.29, 0.717) is 38.5 Å². The first-order valence-corrected chi connectivity index (χ1v) is 36.3. The molecule has 0 heterocycles. The largest absolute Gasteiger partial charge is 0.243 e. The predicted octanol–water partition coefficient (Wildman–Crippen LogP) is 8.29. The lowest BCUT2D eigenvalue weighted by molar-refractivity contribution is 0.337. The van der Waals surface area contributed by atoms with Crippen molar-refractivity contribution >= 4 is 60.1 Å². The van der Waals surface area contributed by atoms with Crippen LogP contribution in [0.5, 0.6) is 0 Å². The van der Waals surface area contributed by atoms with E-state index < -0.39 is 60.1 Å². The molecule has 0 aliphatic rings. The summed E-state index contributed by atoms with van der Waals surface area (Å²) in [6, 6.07) is 37.7. The van der Waals surface area contributed by atoms with Crippen LogP contribution in [0.25, 0.3) is 0 Å². The highest BCUT2D eigenvalue weighted by Gasteiger charge is 2.32. The Balaban J connectivity index is 1.10. The van der Waals surface area contributed by atoms with E-state index in [0.717, 1.165) is 48.4 Å². The highest BCUT2D eigenvalue weighted by Crippen LogP contribution is 2.24. The summed E-state index contributed by atoms with van der Waals surface area (Å²) in [5, 5.41) is 0. The SMILES string of the molecule is Cc1ccc(S(=O)(=O)NCCN(CCN(CCCCCCCCCN(CCN(CCNS(=O)(=O)c2ccc(C)cc2)S(=O)(=O)c2ccc(C)cc2)S(=O)(=O)c2ccc(C)cc2)S(=O)(=O)c2ccc(C)cc2)S(=O)(=O)c2ccc(C)cc2)cc1. The Kier molecular flexibility index (Phi) is 24.0. The lowest BCUT2D eigenvalue weighted by Crippen LogP contribution is -2.44. The van der Waals surface area contributed by atoms with Crippen LogP contribution in [0.4, 0.5) is 0 Å². The number of unbranched alkanes of at least 4 members (excludes halogenated alkanes) is 6. The van der Waals surface area contributed by atoms with Crippen molar-refractivity contribution in [3.8, 4) is 0 Å². The maximum Gasteiger partial charge on any atom is 0.243 e. The average Bonchev–Trinajstić information content (AvgIpc) is 3.44. The molecule has 6 rings (SSSR count). The summed E-state index contributed by atoms with van der Waals surface area (Å²) in [6.07, 6.45) is 4.25. The summed E-state index contributed by atoms with van der Waals surface area (Å²) in [4.78, 5) is 0.0772. The first-order chi connectivity index (χ1) is 39.1. The van der Waals surface area contributed by atoms with Crippen molar-refractivity contribution in [2.75, 3.05) is 65.4 Å². The first-order valence-electron chi connectivity index (χ1n) is 27.5. The Bertz CT molecular complexity index is 3510.